The smallest absolute Gasteiger partial charge is 0.247 e. The molecule has 0 aromatic heterocycles. The standard InChI is InChI=1S/C28H35N3O4S/c1-4-18(2)20(17-32)31-24-27(35)30(16-19-10-6-5-7-11-19)15-9-13-28(24)23(26(31)34)22-21(36-28)12-8-14-29(3)25(22)33/h5-13,18,20-24,32H,4,14-17H2,1-3H3/t18-,20-,21-,22+,23-,24?,28-/m0/s1. The van der Waals surface area contributed by atoms with Gasteiger partial charge >= 0.3 is 0 Å². The summed E-state index contributed by atoms with van der Waals surface area (Å²) in [6.07, 6.45) is 8.83. The summed E-state index contributed by atoms with van der Waals surface area (Å²) in [5.41, 5.74) is 1.02. The highest BCUT2D eigenvalue weighted by Crippen LogP contribution is 2.61. The van der Waals surface area contributed by atoms with Crippen molar-refractivity contribution in [3.63, 3.8) is 0 Å². The van der Waals surface area contributed by atoms with Gasteiger partial charge in [0.2, 0.25) is 17.7 Å². The van der Waals surface area contributed by atoms with Gasteiger partial charge in [-0.15, -0.1) is 11.8 Å². The summed E-state index contributed by atoms with van der Waals surface area (Å²) in [7, 11) is 1.77. The number of benzene rings is 1. The number of amides is 3. The van der Waals surface area contributed by atoms with Crippen LogP contribution in [0, 0.1) is 17.8 Å². The average Bonchev–Trinajstić information content (AvgIpc) is 3.21. The molecule has 2 fully saturated rings. The van der Waals surface area contributed by atoms with Crippen molar-refractivity contribution in [2.24, 2.45) is 17.8 Å². The molecule has 7 atom stereocenters. The molecule has 1 aromatic rings. The van der Waals surface area contributed by atoms with Crippen LogP contribution in [0.3, 0.4) is 0 Å². The SMILES string of the molecule is CC[C@H](C)[C@H](CO)N1C(=O)[C@@H]2[C@@H]3C(=O)N(C)CC=C[C@@H]3S[C@@]23C=CCN(Cc2ccccc2)C(=O)C13. The first kappa shape index (κ1) is 25.1. The number of carbonyl (C=O) groups excluding carboxylic acids is 3. The zero-order valence-electron chi connectivity index (χ0n) is 21.1. The van der Waals surface area contributed by atoms with Crippen molar-refractivity contribution >= 4 is 29.5 Å². The Bertz CT molecular complexity index is 1090. The van der Waals surface area contributed by atoms with Crippen molar-refractivity contribution in [2.45, 2.75) is 48.9 Å². The van der Waals surface area contributed by atoms with Gasteiger partial charge in [0.25, 0.3) is 0 Å². The van der Waals surface area contributed by atoms with Gasteiger partial charge in [-0.3, -0.25) is 14.4 Å². The van der Waals surface area contributed by atoms with E-state index in [1.165, 1.54) is 0 Å². The number of likely N-dealkylation sites (N-methyl/N-ethyl adjacent to an activating group) is 1. The summed E-state index contributed by atoms with van der Waals surface area (Å²) in [4.78, 5) is 47.3. The maximum Gasteiger partial charge on any atom is 0.247 e. The molecule has 4 aliphatic rings. The predicted octanol–water partition coefficient (Wildman–Crippen LogP) is 2.32. The highest BCUT2D eigenvalue weighted by atomic mass is 32.2. The van der Waals surface area contributed by atoms with Crippen LogP contribution in [0.15, 0.2) is 54.6 Å². The highest BCUT2D eigenvalue weighted by molar-refractivity contribution is 8.02. The molecule has 1 N–H and O–H groups in total. The Morgan fingerprint density at radius 3 is 2.53 bits per heavy atom. The molecule has 5 rings (SSSR count). The minimum Gasteiger partial charge on any atom is -0.394 e. The molecule has 1 aromatic carbocycles. The van der Waals surface area contributed by atoms with E-state index in [0.717, 1.165) is 12.0 Å². The van der Waals surface area contributed by atoms with Crippen LogP contribution in [0.25, 0.3) is 0 Å². The topological polar surface area (TPSA) is 81.2 Å². The molecule has 192 valence electrons. The van der Waals surface area contributed by atoms with Crippen molar-refractivity contribution in [1.29, 1.82) is 0 Å². The number of hydrogen-bond acceptors (Lipinski definition) is 5. The molecule has 1 unspecified atom stereocenters. The number of hydrogen-bond donors (Lipinski definition) is 1. The van der Waals surface area contributed by atoms with E-state index in [9.17, 15) is 19.5 Å². The molecule has 2 saturated heterocycles. The Balaban J connectivity index is 1.62. The van der Waals surface area contributed by atoms with Gasteiger partial charge in [0.15, 0.2) is 0 Å². The van der Waals surface area contributed by atoms with Gasteiger partial charge in [0.05, 0.1) is 29.2 Å². The van der Waals surface area contributed by atoms with E-state index in [4.69, 9.17) is 0 Å². The van der Waals surface area contributed by atoms with Crippen molar-refractivity contribution in [2.75, 3.05) is 26.7 Å². The molecule has 0 saturated carbocycles. The maximum absolute atomic E-state index is 14.4. The van der Waals surface area contributed by atoms with Gasteiger partial charge in [-0.1, -0.05) is 74.9 Å². The fourth-order valence-electron chi connectivity index (χ4n) is 6.37. The Labute approximate surface area is 217 Å². The van der Waals surface area contributed by atoms with Gasteiger partial charge in [-0.25, -0.2) is 0 Å². The van der Waals surface area contributed by atoms with Crippen LogP contribution in [-0.4, -0.2) is 86.4 Å². The Morgan fingerprint density at radius 1 is 1.08 bits per heavy atom. The first-order chi connectivity index (χ1) is 17.3. The fourth-order valence-corrected chi connectivity index (χ4v) is 8.36. The number of aliphatic hydroxyl groups is 1. The maximum atomic E-state index is 14.4. The lowest BCUT2D eigenvalue weighted by Gasteiger charge is -2.40. The summed E-state index contributed by atoms with van der Waals surface area (Å²) in [5, 5.41) is 10.3. The monoisotopic (exact) mass is 509 g/mol. The second kappa shape index (κ2) is 9.71. The number of nitrogens with zero attached hydrogens (tertiary/aromatic N) is 3. The summed E-state index contributed by atoms with van der Waals surface area (Å²) in [6.45, 7) is 5.21. The highest BCUT2D eigenvalue weighted by Gasteiger charge is 2.71. The molecule has 3 amide bonds. The molecule has 0 bridgehead atoms. The van der Waals surface area contributed by atoms with Crippen LogP contribution < -0.4 is 0 Å². The van der Waals surface area contributed by atoms with Crippen molar-refractivity contribution in [1.82, 2.24) is 14.7 Å². The van der Waals surface area contributed by atoms with Gasteiger partial charge in [-0.2, -0.15) is 0 Å². The summed E-state index contributed by atoms with van der Waals surface area (Å²) in [6, 6.07) is 8.59. The van der Waals surface area contributed by atoms with Gasteiger partial charge in [0.1, 0.15) is 6.04 Å². The number of aliphatic hydroxyl groups excluding tert-OH is 1. The van der Waals surface area contributed by atoms with Gasteiger partial charge < -0.3 is 19.8 Å². The quantitative estimate of drug-likeness (QED) is 0.596. The molecule has 4 aliphatic heterocycles. The lowest BCUT2D eigenvalue weighted by molar-refractivity contribution is -0.147. The Morgan fingerprint density at radius 2 is 1.83 bits per heavy atom. The largest absolute Gasteiger partial charge is 0.394 e. The van der Waals surface area contributed by atoms with E-state index >= 15 is 0 Å². The van der Waals surface area contributed by atoms with Gasteiger partial charge in [0, 0.05) is 31.9 Å². The molecule has 36 heavy (non-hydrogen) atoms. The fraction of sp³-hybridized carbons (Fsp3) is 0.536. The molecule has 1 spiro atoms. The van der Waals surface area contributed by atoms with Gasteiger partial charge in [-0.05, 0) is 11.5 Å². The average molecular weight is 510 g/mol. The minimum absolute atomic E-state index is 0.00522. The summed E-state index contributed by atoms with van der Waals surface area (Å²) in [5.74, 6) is -1.53. The number of carbonyl (C=O) groups is 3. The zero-order valence-corrected chi connectivity index (χ0v) is 21.9. The summed E-state index contributed by atoms with van der Waals surface area (Å²) >= 11 is 1.58. The normalized spacial score (nSPS) is 33.2. The lowest BCUT2D eigenvalue weighted by Crippen LogP contribution is -2.57. The molecular formula is C28H35N3O4S. The molecule has 0 radical (unpaired) electrons. The van der Waals surface area contributed by atoms with E-state index in [1.54, 1.807) is 33.5 Å². The lowest BCUT2D eigenvalue weighted by atomic mass is 9.78. The second-order valence-corrected chi connectivity index (χ2v) is 12.0. The van der Waals surface area contributed by atoms with Crippen LogP contribution in [0.5, 0.6) is 0 Å². The third kappa shape index (κ3) is 3.80. The summed E-state index contributed by atoms with van der Waals surface area (Å²) < 4.78 is -0.853. The van der Waals surface area contributed by atoms with Crippen LogP contribution >= 0.6 is 11.8 Å². The number of likely N-dealkylation sites (tertiary alicyclic amines) is 1. The second-order valence-electron chi connectivity index (χ2n) is 10.5. The first-order valence-electron chi connectivity index (χ1n) is 12.9. The molecular weight excluding hydrogens is 474 g/mol. The first-order valence-corrected chi connectivity index (χ1v) is 13.7. The van der Waals surface area contributed by atoms with E-state index in [1.807, 2.05) is 68.5 Å². The zero-order chi connectivity index (χ0) is 25.6. The molecule has 0 aliphatic carbocycles. The Hall–Kier alpha value is -2.58. The van der Waals surface area contributed by atoms with Crippen molar-refractivity contribution < 1.29 is 19.5 Å². The molecule has 4 heterocycles. The third-order valence-electron chi connectivity index (χ3n) is 8.44. The van der Waals surface area contributed by atoms with Crippen LogP contribution in [-0.2, 0) is 20.9 Å². The number of rotatable bonds is 6. The van der Waals surface area contributed by atoms with Crippen molar-refractivity contribution in [3.8, 4) is 0 Å². The van der Waals surface area contributed by atoms with E-state index in [2.05, 4.69) is 0 Å². The van der Waals surface area contributed by atoms with E-state index in [0.29, 0.717) is 19.6 Å². The van der Waals surface area contributed by atoms with Crippen LogP contribution in [0.4, 0.5) is 0 Å². The third-order valence-corrected chi connectivity index (χ3v) is 10.2. The Kier molecular flexibility index (Phi) is 6.76. The van der Waals surface area contributed by atoms with E-state index < -0.39 is 28.7 Å². The predicted molar refractivity (Wildman–Crippen MR) is 140 cm³/mol. The number of fused-ring (bicyclic) bond motifs is 2. The van der Waals surface area contributed by atoms with E-state index in [-0.39, 0.29) is 35.5 Å². The van der Waals surface area contributed by atoms with Crippen LogP contribution in [0.2, 0.25) is 0 Å². The minimum atomic E-state index is -0.853. The van der Waals surface area contributed by atoms with Crippen LogP contribution in [0.1, 0.15) is 25.8 Å². The number of thioether (sulfide) groups is 1. The van der Waals surface area contributed by atoms with Crippen molar-refractivity contribution in [3.05, 3.63) is 60.2 Å². The molecule has 8 heteroatoms. The molecule has 7 nitrogen and oxygen atoms in total.